The summed E-state index contributed by atoms with van der Waals surface area (Å²) < 4.78 is 8.74. The summed E-state index contributed by atoms with van der Waals surface area (Å²) in [6.07, 6.45) is 3.04. The Morgan fingerprint density at radius 1 is 1.23 bits per heavy atom. The van der Waals surface area contributed by atoms with E-state index in [1.54, 1.807) is 24.1 Å². The van der Waals surface area contributed by atoms with Crippen LogP contribution in [-0.2, 0) is 11.3 Å². The second kappa shape index (κ2) is 8.11. The number of nitrogens with one attached hydrogen (secondary N) is 1. The summed E-state index contributed by atoms with van der Waals surface area (Å²) in [4.78, 5) is 30.7. The van der Waals surface area contributed by atoms with Crippen LogP contribution in [0.2, 0.25) is 0 Å². The third kappa shape index (κ3) is 3.84. The second-order valence-corrected chi connectivity index (χ2v) is 8.09. The van der Waals surface area contributed by atoms with E-state index in [-0.39, 0.29) is 24.1 Å². The van der Waals surface area contributed by atoms with Crippen molar-refractivity contribution in [3.63, 3.8) is 0 Å². The maximum absolute atomic E-state index is 12.9. The summed E-state index contributed by atoms with van der Waals surface area (Å²) in [6.45, 7) is 3.82. The Bertz CT molecular complexity index is 1250. The molecule has 8 nitrogen and oxygen atoms in total. The second-order valence-electron chi connectivity index (χ2n) is 7.03. The van der Waals surface area contributed by atoms with Crippen molar-refractivity contribution in [1.82, 2.24) is 19.3 Å². The quantitative estimate of drug-likeness (QED) is 0.512. The van der Waals surface area contributed by atoms with E-state index in [0.29, 0.717) is 16.0 Å². The fraction of sp³-hybridized carbons (Fsp3) is 0.238. The minimum absolute atomic E-state index is 0.110. The van der Waals surface area contributed by atoms with Gasteiger partial charge in [0.1, 0.15) is 22.8 Å². The van der Waals surface area contributed by atoms with Crippen LogP contribution in [0.15, 0.2) is 53.7 Å². The van der Waals surface area contributed by atoms with Crippen LogP contribution in [0.4, 0.5) is 5.82 Å². The normalized spacial score (nSPS) is 11.2. The molecule has 3 heterocycles. The van der Waals surface area contributed by atoms with Gasteiger partial charge >= 0.3 is 0 Å². The number of nitrogens with zero attached hydrogens (tertiary/aromatic N) is 4. The summed E-state index contributed by atoms with van der Waals surface area (Å²) in [5.74, 6) is 1.05. The molecular formula is C21H21N5O3S. The Morgan fingerprint density at radius 2 is 2.00 bits per heavy atom. The first-order chi connectivity index (χ1) is 14.5. The summed E-state index contributed by atoms with van der Waals surface area (Å²) >= 11 is 1.36. The Balaban J connectivity index is 1.57. The first-order valence-electron chi connectivity index (χ1n) is 9.43. The number of methoxy groups -OCH3 is 1. The van der Waals surface area contributed by atoms with Gasteiger partial charge in [-0.05, 0) is 49.7 Å². The van der Waals surface area contributed by atoms with Gasteiger partial charge in [-0.3, -0.25) is 14.2 Å². The van der Waals surface area contributed by atoms with Gasteiger partial charge in [0.05, 0.1) is 25.2 Å². The molecule has 154 valence electrons. The van der Waals surface area contributed by atoms with Crippen LogP contribution < -0.4 is 15.6 Å². The third-order valence-corrected chi connectivity index (χ3v) is 5.78. The van der Waals surface area contributed by atoms with Gasteiger partial charge in [0.15, 0.2) is 0 Å². The molecule has 4 aromatic rings. The maximum atomic E-state index is 12.9. The van der Waals surface area contributed by atoms with Crippen LogP contribution in [0.25, 0.3) is 20.7 Å². The van der Waals surface area contributed by atoms with Crippen molar-refractivity contribution < 1.29 is 9.53 Å². The fourth-order valence-electron chi connectivity index (χ4n) is 3.12. The smallest absolute Gasteiger partial charge is 0.271 e. The lowest BCUT2D eigenvalue weighted by Crippen LogP contribution is -2.28. The average Bonchev–Trinajstić information content (AvgIpc) is 3.37. The van der Waals surface area contributed by atoms with Gasteiger partial charge in [0.2, 0.25) is 5.91 Å². The number of benzene rings is 1. The Kier molecular flexibility index (Phi) is 5.37. The monoisotopic (exact) mass is 423 g/mol. The fourth-order valence-corrected chi connectivity index (χ4v) is 4.18. The number of amides is 1. The molecule has 0 aliphatic heterocycles. The highest BCUT2D eigenvalue weighted by Crippen LogP contribution is 2.31. The summed E-state index contributed by atoms with van der Waals surface area (Å²) in [5.41, 5.74) is 1.35. The van der Waals surface area contributed by atoms with Crippen molar-refractivity contribution in [1.29, 1.82) is 0 Å². The third-order valence-electron chi connectivity index (χ3n) is 4.62. The van der Waals surface area contributed by atoms with Crippen molar-refractivity contribution in [3.05, 3.63) is 59.3 Å². The van der Waals surface area contributed by atoms with Gasteiger partial charge in [-0.15, -0.1) is 11.3 Å². The van der Waals surface area contributed by atoms with Crippen LogP contribution in [0, 0.1) is 0 Å². The highest BCUT2D eigenvalue weighted by Gasteiger charge is 2.14. The lowest BCUT2D eigenvalue weighted by atomic mass is 10.2. The number of thiophene rings is 1. The van der Waals surface area contributed by atoms with E-state index < -0.39 is 0 Å². The zero-order valence-electron chi connectivity index (χ0n) is 16.8. The highest BCUT2D eigenvalue weighted by molar-refractivity contribution is 7.22. The van der Waals surface area contributed by atoms with Gasteiger partial charge in [-0.25, -0.2) is 9.67 Å². The standard InChI is InChI=1S/C21H21N5O3S/c1-13(2)26-18(8-9-23-26)24-19(27)11-25-12-22-16-10-17(30-20(16)21(25)28)14-4-6-15(29-3)7-5-14/h4-10,12-13H,11H2,1-3H3,(H,24,27). The number of carbonyl (C=O) groups excluding carboxylic acids is 1. The zero-order chi connectivity index (χ0) is 21.3. The largest absolute Gasteiger partial charge is 0.497 e. The maximum Gasteiger partial charge on any atom is 0.271 e. The lowest BCUT2D eigenvalue weighted by molar-refractivity contribution is -0.116. The molecule has 9 heteroatoms. The number of hydrogen-bond acceptors (Lipinski definition) is 6. The van der Waals surface area contributed by atoms with Crippen molar-refractivity contribution in [2.24, 2.45) is 0 Å². The van der Waals surface area contributed by atoms with E-state index in [0.717, 1.165) is 16.2 Å². The molecule has 0 fully saturated rings. The van der Waals surface area contributed by atoms with Crippen LogP contribution >= 0.6 is 11.3 Å². The number of rotatable bonds is 6. The van der Waals surface area contributed by atoms with Crippen molar-refractivity contribution in [2.45, 2.75) is 26.4 Å². The van der Waals surface area contributed by atoms with Gasteiger partial charge in [-0.1, -0.05) is 0 Å². The number of ether oxygens (including phenoxy) is 1. The van der Waals surface area contributed by atoms with E-state index in [2.05, 4.69) is 15.4 Å². The van der Waals surface area contributed by atoms with Crippen LogP contribution in [0.3, 0.4) is 0 Å². The van der Waals surface area contributed by atoms with E-state index in [1.165, 1.54) is 22.2 Å². The van der Waals surface area contributed by atoms with E-state index in [9.17, 15) is 9.59 Å². The number of anilines is 1. The molecule has 3 aromatic heterocycles. The molecule has 0 aliphatic carbocycles. The first-order valence-corrected chi connectivity index (χ1v) is 10.2. The summed E-state index contributed by atoms with van der Waals surface area (Å²) in [5, 5.41) is 6.99. The molecule has 1 aromatic carbocycles. The lowest BCUT2D eigenvalue weighted by Gasteiger charge is -2.12. The van der Waals surface area contributed by atoms with Gasteiger partial charge in [0, 0.05) is 17.0 Å². The number of fused-ring (bicyclic) bond motifs is 1. The average molecular weight is 423 g/mol. The van der Waals surface area contributed by atoms with Gasteiger partial charge in [-0.2, -0.15) is 5.10 Å². The zero-order valence-corrected chi connectivity index (χ0v) is 17.6. The molecule has 0 saturated heterocycles. The molecule has 4 rings (SSSR count). The molecular weight excluding hydrogens is 402 g/mol. The highest BCUT2D eigenvalue weighted by atomic mass is 32.1. The molecule has 0 bridgehead atoms. The van der Waals surface area contributed by atoms with Gasteiger partial charge < -0.3 is 10.1 Å². The molecule has 0 saturated carbocycles. The molecule has 0 spiro atoms. The molecule has 0 unspecified atom stereocenters. The van der Waals surface area contributed by atoms with E-state index in [4.69, 9.17) is 4.74 Å². The Hall–Kier alpha value is -3.46. The number of aromatic nitrogens is 4. The molecule has 0 atom stereocenters. The Morgan fingerprint density at radius 3 is 2.70 bits per heavy atom. The number of hydrogen-bond donors (Lipinski definition) is 1. The minimum Gasteiger partial charge on any atom is -0.497 e. The molecule has 0 aliphatic rings. The van der Waals surface area contributed by atoms with Crippen molar-refractivity contribution in [3.8, 4) is 16.2 Å². The van der Waals surface area contributed by atoms with Crippen LogP contribution in [0.1, 0.15) is 19.9 Å². The van der Waals surface area contributed by atoms with E-state index in [1.807, 2.05) is 44.2 Å². The predicted octanol–water partition coefficient (Wildman–Crippen LogP) is 3.55. The van der Waals surface area contributed by atoms with Crippen molar-refractivity contribution in [2.75, 3.05) is 12.4 Å². The topological polar surface area (TPSA) is 91.0 Å². The first kappa shape index (κ1) is 19.8. The SMILES string of the molecule is COc1ccc(-c2cc3ncn(CC(=O)Nc4ccnn4C(C)C)c(=O)c3s2)cc1. The minimum atomic E-state index is -0.312. The number of carbonyl (C=O) groups is 1. The summed E-state index contributed by atoms with van der Waals surface area (Å²) in [6, 6.07) is 11.3. The predicted molar refractivity (Wildman–Crippen MR) is 117 cm³/mol. The summed E-state index contributed by atoms with van der Waals surface area (Å²) in [7, 11) is 1.62. The van der Waals surface area contributed by atoms with Gasteiger partial charge in [0.25, 0.3) is 5.56 Å². The molecule has 0 radical (unpaired) electrons. The molecule has 1 amide bonds. The van der Waals surface area contributed by atoms with Crippen LogP contribution in [0.5, 0.6) is 5.75 Å². The Labute approximate surface area is 176 Å². The molecule has 1 N–H and O–H groups in total. The van der Waals surface area contributed by atoms with Crippen molar-refractivity contribution >= 4 is 33.3 Å². The molecule has 30 heavy (non-hydrogen) atoms. The van der Waals surface area contributed by atoms with E-state index >= 15 is 0 Å². The van der Waals surface area contributed by atoms with Crippen LogP contribution in [-0.4, -0.2) is 32.3 Å².